The Hall–Kier alpha value is -3.39. The lowest BCUT2D eigenvalue weighted by Gasteiger charge is -2.34. The number of benzene rings is 2. The zero-order chi connectivity index (χ0) is 23.2. The molecule has 0 bridgehead atoms. The van der Waals surface area contributed by atoms with E-state index in [1.807, 2.05) is 24.3 Å². The van der Waals surface area contributed by atoms with Crippen LogP contribution in [0.25, 0.3) is 11.1 Å². The number of fused-ring (bicyclic) bond motifs is 3. The molecule has 1 unspecified atom stereocenters. The molecule has 0 spiro atoms. The second kappa shape index (κ2) is 10.5. The van der Waals surface area contributed by atoms with E-state index < -0.39 is 12.1 Å². The molecule has 1 amide bonds. The summed E-state index contributed by atoms with van der Waals surface area (Å²) in [6, 6.07) is 16.2. The van der Waals surface area contributed by atoms with Gasteiger partial charge in [-0.2, -0.15) is 0 Å². The zero-order valence-electron chi connectivity index (χ0n) is 18.0. The Balaban J connectivity index is 0.000000376. The summed E-state index contributed by atoms with van der Waals surface area (Å²) in [5.41, 5.74) is 4.73. The predicted molar refractivity (Wildman–Crippen MR) is 123 cm³/mol. The molecule has 3 aromatic rings. The molecule has 1 N–H and O–H groups in total. The van der Waals surface area contributed by atoms with Gasteiger partial charge in [-0.05, 0) is 41.5 Å². The van der Waals surface area contributed by atoms with Gasteiger partial charge in [-0.1, -0.05) is 52.8 Å². The number of nitrogens with zero attached hydrogens (tertiary/aromatic N) is 4. The van der Waals surface area contributed by atoms with E-state index in [0.717, 1.165) is 23.6 Å². The molecule has 1 aromatic heterocycles. The Labute approximate surface area is 196 Å². The van der Waals surface area contributed by atoms with Crippen molar-refractivity contribution in [2.75, 3.05) is 13.2 Å². The van der Waals surface area contributed by atoms with E-state index >= 15 is 0 Å². The van der Waals surface area contributed by atoms with E-state index in [4.69, 9.17) is 21.6 Å². The Kier molecular flexibility index (Phi) is 7.24. The van der Waals surface area contributed by atoms with Crippen molar-refractivity contribution < 1.29 is 19.4 Å². The summed E-state index contributed by atoms with van der Waals surface area (Å²) in [5.74, 6) is -0.859. The minimum Gasteiger partial charge on any atom is -0.481 e. The molecule has 1 fully saturated rings. The van der Waals surface area contributed by atoms with Gasteiger partial charge in [0.25, 0.3) is 0 Å². The fraction of sp³-hybridized carbons (Fsp3) is 0.333. The number of carbonyl (C=O) groups is 2. The standard InChI is InChI=1S/C22H23NO4.C2H2ClN3/c24-21(25)13-15-7-5-6-12-23(15)22(26)27-14-20-18-10-3-1-8-16(18)17-9-2-4-11-19(17)20;3-6-4-1-2-5-6/h1-4,8-11,15,20H,5-7,12-14H2,(H,24,25);1-2H. The van der Waals surface area contributed by atoms with Crippen molar-refractivity contribution >= 4 is 23.8 Å². The van der Waals surface area contributed by atoms with E-state index in [0.29, 0.717) is 6.54 Å². The Bertz CT molecular complexity index is 1060. The summed E-state index contributed by atoms with van der Waals surface area (Å²) in [4.78, 5) is 25.4. The van der Waals surface area contributed by atoms with E-state index in [2.05, 4.69) is 34.5 Å². The van der Waals surface area contributed by atoms with Crippen molar-refractivity contribution in [1.29, 1.82) is 0 Å². The molecule has 8 nitrogen and oxygen atoms in total. The second-order valence-corrected chi connectivity index (χ2v) is 8.32. The van der Waals surface area contributed by atoms with Crippen LogP contribution in [-0.2, 0) is 9.53 Å². The minimum absolute atomic E-state index is 0.0177. The molecule has 33 heavy (non-hydrogen) atoms. The van der Waals surface area contributed by atoms with Gasteiger partial charge in [0.2, 0.25) is 0 Å². The van der Waals surface area contributed by atoms with Crippen molar-refractivity contribution in [2.24, 2.45) is 0 Å². The van der Waals surface area contributed by atoms with Crippen molar-refractivity contribution in [3.63, 3.8) is 0 Å². The third-order valence-corrected chi connectivity index (χ3v) is 6.17. The average Bonchev–Trinajstić information content (AvgIpc) is 3.43. The Morgan fingerprint density at radius 2 is 1.61 bits per heavy atom. The normalized spacial score (nSPS) is 16.9. The first-order valence-electron chi connectivity index (χ1n) is 10.9. The quantitative estimate of drug-likeness (QED) is 0.603. The molecule has 1 saturated heterocycles. The first-order valence-corrected chi connectivity index (χ1v) is 11.2. The molecule has 2 aromatic carbocycles. The highest BCUT2D eigenvalue weighted by atomic mass is 35.5. The van der Waals surface area contributed by atoms with Gasteiger partial charge >= 0.3 is 12.1 Å². The maximum absolute atomic E-state index is 12.7. The molecule has 1 aliphatic heterocycles. The van der Waals surface area contributed by atoms with Crippen LogP contribution in [0.5, 0.6) is 0 Å². The van der Waals surface area contributed by atoms with Gasteiger partial charge in [-0.3, -0.25) is 4.79 Å². The highest BCUT2D eigenvalue weighted by Gasteiger charge is 2.32. The van der Waals surface area contributed by atoms with Crippen LogP contribution in [0.3, 0.4) is 0 Å². The lowest BCUT2D eigenvalue weighted by Crippen LogP contribution is -2.45. The summed E-state index contributed by atoms with van der Waals surface area (Å²) < 4.78 is 6.66. The fourth-order valence-corrected chi connectivity index (χ4v) is 4.63. The fourth-order valence-electron chi connectivity index (χ4n) is 4.53. The van der Waals surface area contributed by atoms with Crippen molar-refractivity contribution in [3.05, 3.63) is 72.1 Å². The summed E-state index contributed by atoms with van der Waals surface area (Å²) >= 11 is 5.15. The van der Waals surface area contributed by atoms with E-state index in [1.54, 1.807) is 4.90 Å². The number of hydrogen-bond donors (Lipinski definition) is 1. The SMILES string of the molecule is Cln1nccn1.O=C(O)CC1CCCCN1C(=O)OCC1c2ccccc2-c2ccccc21. The molecule has 1 atom stereocenters. The van der Waals surface area contributed by atoms with Crippen LogP contribution in [0.15, 0.2) is 60.9 Å². The van der Waals surface area contributed by atoms with Crippen molar-refractivity contribution in [2.45, 2.75) is 37.6 Å². The van der Waals surface area contributed by atoms with Gasteiger partial charge in [0.15, 0.2) is 0 Å². The van der Waals surface area contributed by atoms with Gasteiger partial charge in [0.05, 0.1) is 30.6 Å². The lowest BCUT2D eigenvalue weighted by atomic mass is 9.98. The number of aromatic nitrogens is 3. The number of rotatable bonds is 4. The van der Waals surface area contributed by atoms with Gasteiger partial charge in [0, 0.05) is 18.5 Å². The Morgan fingerprint density at radius 3 is 2.15 bits per heavy atom. The summed E-state index contributed by atoms with van der Waals surface area (Å²) in [6.07, 6.45) is 5.15. The van der Waals surface area contributed by atoms with Gasteiger partial charge in [0.1, 0.15) is 6.61 Å². The number of carboxylic acids is 1. The molecule has 1 aliphatic carbocycles. The van der Waals surface area contributed by atoms with Crippen LogP contribution in [0.1, 0.15) is 42.7 Å². The number of amides is 1. The smallest absolute Gasteiger partial charge is 0.410 e. The Morgan fingerprint density at radius 1 is 1.00 bits per heavy atom. The number of hydrogen-bond acceptors (Lipinski definition) is 5. The lowest BCUT2D eigenvalue weighted by molar-refractivity contribution is -0.138. The van der Waals surface area contributed by atoms with E-state index in [9.17, 15) is 9.59 Å². The monoisotopic (exact) mass is 468 g/mol. The number of carbonyl (C=O) groups excluding carboxylic acids is 1. The van der Waals surface area contributed by atoms with Crippen molar-refractivity contribution in [1.82, 2.24) is 19.4 Å². The maximum Gasteiger partial charge on any atom is 0.410 e. The third kappa shape index (κ3) is 5.34. The molecule has 0 radical (unpaired) electrons. The van der Waals surface area contributed by atoms with Crippen LogP contribution < -0.4 is 0 Å². The second-order valence-electron chi connectivity index (χ2n) is 8.01. The van der Waals surface area contributed by atoms with Crippen molar-refractivity contribution in [3.8, 4) is 11.1 Å². The molecule has 2 aliphatic rings. The number of piperidine rings is 1. The first kappa shape index (κ1) is 22.8. The number of likely N-dealkylation sites (tertiary alicyclic amines) is 1. The van der Waals surface area contributed by atoms with Crippen LogP contribution in [0, 0.1) is 0 Å². The summed E-state index contributed by atoms with van der Waals surface area (Å²) in [7, 11) is 0. The van der Waals surface area contributed by atoms with Crippen LogP contribution in [0.2, 0.25) is 0 Å². The average molecular weight is 469 g/mol. The largest absolute Gasteiger partial charge is 0.481 e. The van der Waals surface area contributed by atoms with Crippen LogP contribution in [0.4, 0.5) is 4.79 Å². The van der Waals surface area contributed by atoms with Crippen LogP contribution in [-0.4, -0.2) is 55.8 Å². The molecule has 9 heteroatoms. The maximum atomic E-state index is 12.7. The molecule has 0 saturated carbocycles. The highest BCUT2D eigenvalue weighted by molar-refractivity contribution is 6.13. The summed E-state index contributed by atoms with van der Waals surface area (Å²) in [5, 5.41) is 16.1. The van der Waals surface area contributed by atoms with E-state index in [1.165, 1.54) is 34.6 Å². The molecule has 2 heterocycles. The van der Waals surface area contributed by atoms with Gasteiger partial charge < -0.3 is 14.7 Å². The van der Waals surface area contributed by atoms with E-state index in [-0.39, 0.29) is 25.0 Å². The number of carboxylic acid groups (broad SMARTS) is 1. The molecule has 5 rings (SSSR count). The first-order chi connectivity index (χ1) is 16.0. The summed E-state index contributed by atoms with van der Waals surface area (Å²) in [6.45, 7) is 0.831. The molecule has 172 valence electrons. The molecular weight excluding hydrogens is 444 g/mol. The van der Waals surface area contributed by atoms with Crippen LogP contribution >= 0.6 is 11.8 Å². The number of ether oxygens (including phenoxy) is 1. The number of halogens is 1. The number of aliphatic carboxylic acids is 1. The highest BCUT2D eigenvalue weighted by Crippen LogP contribution is 2.44. The van der Waals surface area contributed by atoms with Gasteiger partial charge in [-0.15, -0.1) is 10.2 Å². The third-order valence-electron chi connectivity index (χ3n) is 6.00. The molecular formula is C24H25ClN4O4. The predicted octanol–water partition coefficient (Wildman–Crippen LogP) is 4.54. The zero-order valence-corrected chi connectivity index (χ0v) is 18.8. The van der Waals surface area contributed by atoms with Gasteiger partial charge in [-0.25, -0.2) is 4.79 Å². The topological polar surface area (TPSA) is 97.5 Å². The minimum atomic E-state index is -0.877.